The Morgan fingerprint density at radius 1 is 1.21 bits per heavy atom. The molecule has 0 saturated carbocycles. The van der Waals surface area contributed by atoms with E-state index in [2.05, 4.69) is 5.32 Å². The Morgan fingerprint density at radius 2 is 1.94 bits per heavy atom. The van der Waals surface area contributed by atoms with E-state index in [1.807, 2.05) is 0 Å². The summed E-state index contributed by atoms with van der Waals surface area (Å²) in [6.45, 7) is 1.99. The van der Waals surface area contributed by atoms with Gasteiger partial charge in [-0.2, -0.15) is 0 Å². The first kappa shape index (κ1) is 23.2. The number of rotatable bonds is 6. The van der Waals surface area contributed by atoms with Crippen LogP contribution in [0.3, 0.4) is 0 Å². The molecule has 8 heteroatoms. The third-order valence-electron chi connectivity index (χ3n) is 6.14. The summed E-state index contributed by atoms with van der Waals surface area (Å²) >= 11 is 0. The summed E-state index contributed by atoms with van der Waals surface area (Å²) in [7, 11) is 0. The number of nitrogens with zero attached hydrogens (tertiary/aromatic N) is 1. The van der Waals surface area contributed by atoms with Crippen LogP contribution in [0.2, 0.25) is 0 Å². The Morgan fingerprint density at radius 3 is 2.67 bits per heavy atom. The first-order valence-electron chi connectivity index (χ1n) is 11.1. The minimum Gasteiger partial charge on any atom is -0.485 e. The van der Waals surface area contributed by atoms with Gasteiger partial charge in [-0.3, -0.25) is 9.59 Å². The monoisotopic (exact) mass is 458 g/mol. The molecule has 2 heterocycles. The average molecular weight is 459 g/mol. The van der Waals surface area contributed by atoms with Gasteiger partial charge >= 0.3 is 0 Å². The van der Waals surface area contributed by atoms with E-state index in [1.54, 1.807) is 48.5 Å². The maximum atomic E-state index is 16.0. The Hall–Kier alpha value is -3.00. The normalized spacial score (nSPS) is 24.3. The Bertz CT molecular complexity index is 1000. The SMILES string of the molecule is CC(=O)N[C@](F)(Cc1ccccc1)C(=O)N1CCC[C@]2(C[C@@H](Oc3ccccc3F)CO2)C1. The first-order valence-corrected chi connectivity index (χ1v) is 11.1. The van der Waals surface area contributed by atoms with Crippen molar-refractivity contribution in [3.8, 4) is 5.75 Å². The molecule has 33 heavy (non-hydrogen) atoms. The van der Waals surface area contributed by atoms with E-state index in [-0.39, 0.29) is 31.4 Å². The number of benzene rings is 2. The van der Waals surface area contributed by atoms with Crippen LogP contribution in [-0.2, 0) is 20.7 Å². The van der Waals surface area contributed by atoms with E-state index in [9.17, 15) is 14.0 Å². The van der Waals surface area contributed by atoms with Gasteiger partial charge in [0.1, 0.15) is 6.10 Å². The number of nitrogens with one attached hydrogen (secondary N) is 1. The molecule has 2 aromatic carbocycles. The number of hydrogen-bond donors (Lipinski definition) is 1. The zero-order valence-electron chi connectivity index (χ0n) is 18.6. The van der Waals surface area contributed by atoms with Crippen molar-refractivity contribution in [2.24, 2.45) is 0 Å². The molecule has 176 valence electrons. The quantitative estimate of drug-likeness (QED) is 0.674. The molecule has 1 spiro atoms. The molecule has 2 aliphatic heterocycles. The molecule has 0 aromatic heterocycles. The molecule has 4 rings (SSSR count). The summed E-state index contributed by atoms with van der Waals surface area (Å²) in [5.41, 5.74) is -0.0856. The van der Waals surface area contributed by atoms with Crippen molar-refractivity contribution in [2.45, 2.75) is 50.1 Å². The van der Waals surface area contributed by atoms with E-state index >= 15 is 4.39 Å². The molecule has 0 aliphatic carbocycles. The van der Waals surface area contributed by atoms with Crippen LogP contribution in [-0.4, -0.2) is 53.9 Å². The maximum Gasteiger partial charge on any atom is 0.281 e. The highest BCUT2D eigenvalue weighted by atomic mass is 19.1. The highest BCUT2D eigenvalue weighted by Gasteiger charge is 2.50. The lowest BCUT2D eigenvalue weighted by Gasteiger charge is -2.42. The molecular weight excluding hydrogens is 430 g/mol. The van der Waals surface area contributed by atoms with Crippen molar-refractivity contribution in [1.29, 1.82) is 0 Å². The van der Waals surface area contributed by atoms with Crippen LogP contribution < -0.4 is 10.1 Å². The second-order valence-electron chi connectivity index (χ2n) is 8.84. The molecule has 2 amide bonds. The second-order valence-corrected chi connectivity index (χ2v) is 8.84. The summed E-state index contributed by atoms with van der Waals surface area (Å²) in [5.74, 6) is -4.26. The summed E-state index contributed by atoms with van der Waals surface area (Å²) < 4.78 is 41.8. The van der Waals surface area contributed by atoms with Crippen LogP contribution in [0.5, 0.6) is 5.75 Å². The predicted octanol–water partition coefficient (Wildman–Crippen LogP) is 3.40. The van der Waals surface area contributed by atoms with Crippen molar-refractivity contribution >= 4 is 11.8 Å². The largest absolute Gasteiger partial charge is 0.485 e. The Balaban J connectivity index is 1.46. The minimum atomic E-state index is -2.56. The Kier molecular flexibility index (Phi) is 6.65. The fourth-order valence-corrected chi connectivity index (χ4v) is 4.73. The number of amides is 2. The van der Waals surface area contributed by atoms with E-state index in [0.29, 0.717) is 31.4 Å². The van der Waals surface area contributed by atoms with Crippen molar-refractivity contribution in [1.82, 2.24) is 10.2 Å². The van der Waals surface area contributed by atoms with Crippen LogP contribution in [0.1, 0.15) is 31.7 Å². The molecule has 2 aliphatic rings. The fraction of sp³-hybridized carbons (Fsp3) is 0.440. The number of halogens is 2. The molecule has 0 radical (unpaired) electrons. The van der Waals surface area contributed by atoms with Crippen molar-refractivity contribution < 1.29 is 27.8 Å². The number of hydrogen-bond acceptors (Lipinski definition) is 4. The van der Waals surface area contributed by atoms with Gasteiger partial charge in [0.05, 0.1) is 12.2 Å². The van der Waals surface area contributed by atoms with Gasteiger partial charge in [0.25, 0.3) is 11.7 Å². The van der Waals surface area contributed by atoms with Crippen molar-refractivity contribution in [3.05, 3.63) is 66.0 Å². The maximum absolute atomic E-state index is 16.0. The number of alkyl halides is 1. The fourth-order valence-electron chi connectivity index (χ4n) is 4.73. The standard InChI is InChI=1S/C25H28F2N2O4/c1-18(30)28-25(27,14-19-8-3-2-4-9-19)23(31)29-13-7-12-24(17-29)15-20(16-32-24)33-22-11-6-5-10-21(22)26/h2-6,8-11,20H,7,12-17H2,1H3,(H,28,30)/t20-,24+,25-/m1/s1. The number of carbonyl (C=O) groups is 2. The lowest BCUT2D eigenvalue weighted by atomic mass is 9.88. The summed E-state index contributed by atoms with van der Waals surface area (Å²) in [4.78, 5) is 26.5. The zero-order chi connectivity index (χ0) is 23.5. The Labute approximate surface area is 191 Å². The molecule has 1 N–H and O–H groups in total. The highest BCUT2D eigenvalue weighted by Crippen LogP contribution is 2.37. The van der Waals surface area contributed by atoms with Gasteiger partial charge in [0.15, 0.2) is 11.6 Å². The van der Waals surface area contributed by atoms with E-state index in [0.717, 1.165) is 0 Å². The van der Waals surface area contributed by atoms with Crippen LogP contribution in [0.4, 0.5) is 8.78 Å². The third kappa shape index (κ3) is 5.33. The molecule has 0 unspecified atom stereocenters. The number of likely N-dealkylation sites (tertiary alicyclic amines) is 1. The zero-order valence-corrected chi connectivity index (χ0v) is 18.6. The van der Waals surface area contributed by atoms with E-state index in [1.165, 1.54) is 17.9 Å². The van der Waals surface area contributed by atoms with Crippen LogP contribution in [0.25, 0.3) is 0 Å². The van der Waals surface area contributed by atoms with Gasteiger partial charge in [-0.15, -0.1) is 0 Å². The predicted molar refractivity (Wildman–Crippen MR) is 118 cm³/mol. The summed E-state index contributed by atoms with van der Waals surface area (Å²) in [6.07, 6.45) is 1.14. The molecule has 2 saturated heterocycles. The smallest absolute Gasteiger partial charge is 0.281 e. The van der Waals surface area contributed by atoms with Gasteiger partial charge in [0.2, 0.25) is 5.91 Å². The lowest BCUT2D eigenvalue weighted by Crippen LogP contribution is -2.61. The number of carbonyl (C=O) groups excluding carboxylic acids is 2. The second kappa shape index (κ2) is 9.47. The van der Waals surface area contributed by atoms with Gasteiger partial charge in [-0.25, -0.2) is 8.78 Å². The minimum absolute atomic E-state index is 0.156. The van der Waals surface area contributed by atoms with Crippen LogP contribution >= 0.6 is 0 Å². The van der Waals surface area contributed by atoms with Crippen LogP contribution in [0.15, 0.2) is 54.6 Å². The van der Waals surface area contributed by atoms with Crippen LogP contribution in [0, 0.1) is 5.82 Å². The molecular formula is C25H28F2N2O4. The lowest BCUT2D eigenvalue weighted by molar-refractivity contribution is -0.156. The molecule has 3 atom stereocenters. The van der Waals surface area contributed by atoms with Gasteiger partial charge in [-0.05, 0) is 30.5 Å². The average Bonchev–Trinajstić information content (AvgIpc) is 3.16. The summed E-state index contributed by atoms with van der Waals surface area (Å²) in [5, 5.41) is 2.22. The summed E-state index contributed by atoms with van der Waals surface area (Å²) in [6, 6.07) is 14.9. The van der Waals surface area contributed by atoms with E-state index < -0.39 is 29.0 Å². The number of piperidine rings is 1. The van der Waals surface area contributed by atoms with Gasteiger partial charge < -0.3 is 19.7 Å². The highest BCUT2D eigenvalue weighted by molar-refractivity contribution is 5.90. The molecule has 6 nitrogen and oxygen atoms in total. The molecule has 2 fully saturated rings. The van der Waals surface area contributed by atoms with Gasteiger partial charge in [-0.1, -0.05) is 42.5 Å². The van der Waals surface area contributed by atoms with E-state index in [4.69, 9.17) is 9.47 Å². The third-order valence-corrected chi connectivity index (χ3v) is 6.14. The first-order chi connectivity index (χ1) is 15.8. The number of ether oxygens (including phenoxy) is 2. The topological polar surface area (TPSA) is 67.9 Å². The van der Waals surface area contributed by atoms with Crippen molar-refractivity contribution in [3.63, 3.8) is 0 Å². The van der Waals surface area contributed by atoms with Crippen molar-refractivity contribution in [2.75, 3.05) is 19.7 Å². The molecule has 2 aromatic rings. The van der Waals surface area contributed by atoms with Gasteiger partial charge in [0, 0.05) is 32.9 Å². The molecule has 0 bridgehead atoms. The number of para-hydroxylation sites is 1.